The van der Waals surface area contributed by atoms with Crippen LogP contribution >= 0.6 is 0 Å². The molecule has 1 aliphatic heterocycles. The van der Waals surface area contributed by atoms with Crippen molar-refractivity contribution in [2.24, 2.45) is 0 Å². The number of aromatic hydroxyl groups is 2. The Morgan fingerprint density at radius 2 is 1.47 bits per heavy atom. The SMILES string of the molecule is COC1Cc2c(c(O)n(CCCN3CCN(c4ccccc4OC(C)C)CC3)c2O)CC1OC. The zero-order chi connectivity index (χ0) is 24.2. The van der Waals surface area contributed by atoms with E-state index in [4.69, 9.17) is 14.2 Å². The van der Waals surface area contributed by atoms with Crippen LogP contribution in [0.15, 0.2) is 24.3 Å². The Labute approximate surface area is 202 Å². The lowest BCUT2D eigenvalue weighted by molar-refractivity contribution is -0.0401. The van der Waals surface area contributed by atoms with Crippen molar-refractivity contribution in [3.63, 3.8) is 0 Å². The van der Waals surface area contributed by atoms with Gasteiger partial charge in [0, 0.05) is 70.9 Å². The van der Waals surface area contributed by atoms with Gasteiger partial charge in [0.05, 0.1) is 24.0 Å². The monoisotopic (exact) mass is 473 g/mol. The third kappa shape index (κ3) is 5.14. The molecule has 0 bridgehead atoms. The number of ether oxygens (including phenoxy) is 3. The van der Waals surface area contributed by atoms with Gasteiger partial charge in [-0.3, -0.25) is 9.47 Å². The fourth-order valence-corrected chi connectivity index (χ4v) is 5.21. The average Bonchev–Trinajstić information content (AvgIpc) is 3.07. The molecule has 1 fully saturated rings. The number of rotatable bonds is 9. The first-order valence-electron chi connectivity index (χ1n) is 12.3. The fourth-order valence-electron chi connectivity index (χ4n) is 5.21. The molecular weight excluding hydrogens is 434 g/mol. The number of nitrogens with zero attached hydrogens (tertiary/aromatic N) is 3. The zero-order valence-corrected chi connectivity index (χ0v) is 20.9. The molecule has 0 amide bonds. The summed E-state index contributed by atoms with van der Waals surface area (Å²) in [6.45, 7) is 9.44. The van der Waals surface area contributed by atoms with Crippen molar-refractivity contribution >= 4 is 5.69 Å². The van der Waals surface area contributed by atoms with Gasteiger partial charge in [0.25, 0.3) is 0 Å². The summed E-state index contributed by atoms with van der Waals surface area (Å²) < 4.78 is 18.7. The van der Waals surface area contributed by atoms with Gasteiger partial charge >= 0.3 is 0 Å². The molecule has 4 rings (SSSR count). The van der Waals surface area contributed by atoms with Crippen molar-refractivity contribution in [3.8, 4) is 17.5 Å². The van der Waals surface area contributed by atoms with E-state index in [0.29, 0.717) is 19.4 Å². The molecule has 8 nitrogen and oxygen atoms in total. The third-order valence-electron chi connectivity index (χ3n) is 7.04. The normalized spacial score (nSPS) is 21.1. The summed E-state index contributed by atoms with van der Waals surface area (Å²) in [6.07, 6.45) is 1.84. The molecule has 1 saturated heterocycles. The molecule has 1 aromatic heterocycles. The van der Waals surface area contributed by atoms with E-state index >= 15 is 0 Å². The second-order valence-corrected chi connectivity index (χ2v) is 9.53. The lowest BCUT2D eigenvalue weighted by Crippen LogP contribution is -2.46. The Morgan fingerprint density at radius 1 is 0.882 bits per heavy atom. The highest BCUT2D eigenvalue weighted by Gasteiger charge is 2.35. The number of benzene rings is 1. The minimum absolute atomic E-state index is 0.119. The van der Waals surface area contributed by atoms with E-state index in [9.17, 15) is 10.2 Å². The van der Waals surface area contributed by atoms with Crippen LogP contribution in [0.5, 0.6) is 17.5 Å². The van der Waals surface area contributed by atoms with Gasteiger partial charge in [-0.15, -0.1) is 0 Å². The van der Waals surface area contributed by atoms with E-state index in [0.717, 1.165) is 61.7 Å². The van der Waals surface area contributed by atoms with E-state index < -0.39 is 0 Å². The van der Waals surface area contributed by atoms with Gasteiger partial charge in [-0.05, 0) is 38.9 Å². The maximum atomic E-state index is 10.8. The number of fused-ring (bicyclic) bond motifs is 1. The van der Waals surface area contributed by atoms with Crippen molar-refractivity contribution in [3.05, 3.63) is 35.4 Å². The fraction of sp³-hybridized carbons (Fsp3) is 0.615. The van der Waals surface area contributed by atoms with Crippen LogP contribution in [0.2, 0.25) is 0 Å². The largest absolute Gasteiger partial charge is 0.494 e. The van der Waals surface area contributed by atoms with Gasteiger partial charge in [-0.25, -0.2) is 0 Å². The molecule has 34 heavy (non-hydrogen) atoms. The molecule has 2 unspecified atom stereocenters. The number of hydrogen-bond donors (Lipinski definition) is 2. The number of anilines is 1. The number of para-hydroxylation sites is 2. The van der Waals surface area contributed by atoms with Crippen LogP contribution in [0, 0.1) is 0 Å². The summed E-state index contributed by atoms with van der Waals surface area (Å²) in [5.74, 6) is 1.27. The van der Waals surface area contributed by atoms with Gasteiger partial charge < -0.3 is 29.3 Å². The van der Waals surface area contributed by atoms with Gasteiger partial charge in [-0.1, -0.05) is 12.1 Å². The molecular formula is C26H39N3O5. The second-order valence-electron chi connectivity index (χ2n) is 9.53. The van der Waals surface area contributed by atoms with Crippen LogP contribution in [0.4, 0.5) is 5.69 Å². The smallest absolute Gasteiger partial charge is 0.197 e. The molecule has 2 aromatic rings. The summed E-state index contributed by atoms with van der Waals surface area (Å²) in [6, 6.07) is 8.26. The Hall–Kier alpha value is -2.42. The standard InChI is InChI=1S/C26H39N3O5/c1-18(2)34-22-9-6-5-8-21(22)28-14-12-27(13-15-28)10-7-11-29-25(30)19-16-23(32-3)24(33-4)17-20(19)26(29)31/h5-6,8-9,18,23-24,30-31H,7,10-17H2,1-4H3. The van der Waals surface area contributed by atoms with E-state index in [2.05, 4.69) is 35.8 Å². The van der Waals surface area contributed by atoms with Gasteiger partial charge in [0.15, 0.2) is 11.8 Å². The number of hydrogen-bond acceptors (Lipinski definition) is 7. The van der Waals surface area contributed by atoms with Crippen molar-refractivity contribution in [1.29, 1.82) is 0 Å². The van der Waals surface area contributed by atoms with E-state index in [1.165, 1.54) is 0 Å². The first-order chi connectivity index (χ1) is 16.4. The molecule has 1 aliphatic carbocycles. The molecule has 2 N–H and O–H groups in total. The van der Waals surface area contributed by atoms with Gasteiger partial charge in [0.2, 0.25) is 0 Å². The Bertz CT molecular complexity index is 917. The summed E-state index contributed by atoms with van der Waals surface area (Å²) in [5, 5.41) is 21.6. The first-order valence-corrected chi connectivity index (χ1v) is 12.3. The highest BCUT2D eigenvalue weighted by Crippen LogP contribution is 2.40. The Kier molecular flexibility index (Phi) is 7.91. The van der Waals surface area contributed by atoms with Crippen LogP contribution in [0.1, 0.15) is 31.4 Å². The van der Waals surface area contributed by atoms with E-state index in [-0.39, 0.29) is 30.1 Å². The summed E-state index contributed by atoms with van der Waals surface area (Å²) >= 11 is 0. The minimum atomic E-state index is -0.119. The van der Waals surface area contributed by atoms with Crippen molar-refractivity contribution in [1.82, 2.24) is 9.47 Å². The highest BCUT2D eigenvalue weighted by molar-refractivity contribution is 5.58. The number of aromatic nitrogens is 1. The van der Waals surface area contributed by atoms with Gasteiger partial charge in [0.1, 0.15) is 5.75 Å². The van der Waals surface area contributed by atoms with Gasteiger partial charge in [-0.2, -0.15) is 0 Å². The third-order valence-corrected chi connectivity index (χ3v) is 7.04. The number of methoxy groups -OCH3 is 2. The average molecular weight is 474 g/mol. The Morgan fingerprint density at radius 3 is 2.03 bits per heavy atom. The molecule has 0 radical (unpaired) electrons. The van der Waals surface area contributed by atoms with Crippen molar-refractivity contribution in [2.45, 2.75) is 58.0 Å². The minimum Gasteiger partial charge on any atom is -0.494 e. The predicted molar refractivity (Wildman–Crippen MR) is 132 cm³/mol. The van der Waals surface area contributed by atoms with Crippen molar-refractivity contribution < 1.29 is 24.4 Å². The summed E-state index contributed by atoms with van der Waals surface area (Å²) in [4.78, 5) is 4.84. The lowest BCUT2D eigenvalue weighted by Gasteiger charge is -2.37. The van der Waals surface area contributed by atoms with Crippen molar-refractivity contribution in [2.75, 3.05) is 51.8 Å². The Balaban J connectivity index is 1.31. The lowest BCUT2D eigenvalue weighted by atomic mass is 9.90. The molecule has 2 aliphatic rings. The number of piperazine rings is 1. The van der Waals surface area contributed by atoms with Crippen LogP contribution in [0.25, 0.3) is 0 Å². The molecule has 1 aromatic carbocycles. The summed E-state index contributed by atoms with van der Waals surface area (Å²) in [5.41, 5.74) is 2.73. The second kappa shape index (κ2) is 10.9. The predicted octanol–water partition coefficient (Wildman–Crippen LogP) is 3.03. The quantitative estimate of drug-likeness (QED) is 0.580. The molecule has 0 spiro atoms. The molecule has 2 atom stereocenters. The highest BCUT2D eigenvalue weighted by atomic mass is 16.5. The van der Waals surface area contributed by atoms with E-state index in [1.54, 1.807) is 18.8 Å². The molecule has 2 heterocycles. The first kappa shape index (κ1) is 24.7. The van der Waals surface area contributed by atoms with Crippen LogP contribution in [-0.2, 0) is 28.9 Å². The molecule has 188 valence electrons. The maximum Gasteiger partial charge on any atom is 0.197 e. The molecule has 0 saturated carbocycles. The van der Waals surface area contributed by atoms with Crippen LogP contribution < -0.4 is 9.64 Å². The van der Waals surface area contributed by atoms with Crippen LogP contribution in [0.3, 0.4) is 0 Å². The maximum absolute atomic E-state index is 10.8. The zero-order valence-electron chi connectivity index (χ0n) is 20.9. The molecule has 8 heteroatoms. The van der Waals surface area contributed by atoms with Crippen LogP contribution in [-0.4, -0.2) is 84.9 Å². The topological polar surface area (TPSA) is 79.6 Å². The van der Waals surface area contributed by atoms with E-state index in [1.807, 2.05) is 12.1 Å². The summed E-state index contributed by atoms with van der Waals surface area (Å²) in [7, 11) is 3.32.